The number of hydrogen-bond acceptors (Lipinski definition) is 3. The Hall–Kier alpha value is -1.32. The fourth-order valence-electron chi connectivity index (χ4n) is 3.45. The molecule has 1 fully saturated rings. The first-order valence-corrected chi connectivity index (χ1v) is 7.55. The Bertz CT molecular complexity index is 596. The summed E-state index contributed by atoms with van der Waals surface area (Å²) < 4.78 is 12.1. The summed E-state index contributed by atoms with van der Waals surface area (Å²) in [4.78, 5) is 0. The first kappa shape index (κ1) is 13.7. The third-order valence-corrected chi connectivity index (χ3v) is 4.52. The number of rotatable bonds is 4. The summed E-state index contributed by atoms with van der Waals surface area (Å²) in [5, 5.41) is 1.13. The van der Waals surface area contributed by atoms with Crippen LogP contribution in [-0.4, -0.2) is 12.2 Å². The summed E-state index contributed by atoms with van der Waals surface area (Å²) >= 11 is 0. The molecule has 0 aliphatic heterocycles. The number of hydrogen-bond donors (Lipinski definition) is 1. The van der Waals surface area contributed by atoms with E-state index >= 15 is 0 Å². The fourth-order valence-corrected chi connectivity index (χ4v) is 3.45. The van der Waals surface area contributed by atoms with Gasteiger partial charge in [0.05, 0.1) is 11.6 Å². The molecule has 0 radical (unpaired) electrons. The lowest BCUT2D eigenvalue weighted by atomic mass is 9.90. The van der Waals surface area contributed by atoms with E-state index in [9.17, 15) is 0 Å². The largest absolute Gasteiger partial charge is 0.459 e. The molecule has 2 N–H and O–H groups in total. The minimum absolute atomic E-state index is 0.184. The molecular formula is C17H23NO2. The molecule has 3 rings (SSSR count). The number of ether oxygens (including phenoxy) is 1. The van der Waals surface area contributed by atoms with Crippen LogP contribution in [0.1, 0.15) is 50.0 Å². The van der Waals surface area contributed by atoms with Crippen LogP contribution in [0.4, 0.5) is 0 Å². The van der Waals surface area contributed by atoms with Gasteiger partial charge in [0.2, 0.25) is 0 Å². The van der Waals surface area contributed by atoms with Gasteiger partial charge in [-0.25, -0.2) is 0 Å². The van der Waals surface area contributed by atoms with Crippen LogP contribution < -0.4 is 5.73 Å². The molecule has 0 amide bonds. The molecule has 1 atom stereocenters. The molecule has 108 valence electrons. The molecule has 1 unspecified atom stereocenters. The highest BCUT2D eigenvalue weighted by molar-refractivity contribution is 5.81. The maximum absolute atomic E-state index is 6.52. The first-order chi connectivity index (χ1) is 9.66. The second kappa shape index (κ2) is 5.23. The molecule has 1 heterocycles. The van der Waals surface area contributed by atoms with Crippen LogP contribution in [0.25, 0.3) is 11.0 Å². The van der Waals surface area contributed by atoms with Gasteiger partial charge < -0.3 is 14.9 Å². The summed E-state index contributed by atoms with van der Waals surface area (Å²) in [6.07, 6.45) is 4.43. The lowest BCUT2D eigenvalue weighted by molar-refractivity contribution is -0.0574. The van der Waals surface area contributed by atoms with Crippen LogP contribution in [0.2, 0.25) is 0 Å². The Morgan fingerprint density at radius 1 is 1.35 bits per heavy atom. The number of nitrogens with two attached hydrogens (primary N) is 1. The Kier molecular flexibility index (Phi) is 3.57. The van der Waals surface area contributed by atoms with Crippen LogP contribution in [0.15, 0.2) is 28.7 Å². The molecule has 20 heavy (non-hydrogen) atoms. The van der Waals surface area contributed by atoms with Crippen molar-refractivity contribution in [3.63, 3.8) is 0 Å². The molecule has 3 nitrogen and oxygen atoms in total. The van der Waals surface area contributed by atoms with E-state index in [4.69, 9.17) is 14.9 Å². The van der Waals surface area contributed by atoms with Crippen LogP contribution in [0.5, 0.6) is 0 Å². The molecule has 1 aliphatic carbocycles. The third kappa shape index (κ3) is 2.15. The van der Waals surface area contributed by atoms with E-state index in [2.05, 4.69) is 31.2 Å². The molecule has 0 saturated heterocycles. The van der Waals surface area contributed by atoms with Gasteiger partial charge in [0.25, 0.3) is 0 Å². The number of fused-ring (bicyclic) bond motifs is 1. The van der Waals surface area contributed by atoms with Crippen molar-refractivity contribution in [2.24, 2.45) is 5.73 Å². The maximum atomic E-state index is 6.52. The Morgan fingerprint density at radius 2 is 2.10 bits per heavy atom. The number of aryl methyl sites for hydroxylation is 1. The van der Waals surface area contributed by atoms with Gasteiger partial charge in [-0.15, -0.1) is 0 Å². The Balaban J connectivity index is 1.98. The summed E-state index contributed by atoms with van der Waals surface area (Å²) in [6.45, 7) is 4.80. The molecule has 1 aromatic carbocycles. The van der Waals surface area contributed by atoms with Crippen molar-refractivity contribution in [2.75, 3.05) is 6.61 Å². The number of benzene rings is 1. The van der Waals surface area contributed by atoms with Crippen LogP contribution in [0.3, 0.4) is 0 Å². The lowest BCUT2D eigenvalue weighted by Gasteiger charge is -2.33. The highest BCUT2D eigenvalue weighted by Crippen LogP contribution is 2.43. The highest BCUT2D eigenvalue weighted by atomic mass is 16.5. The highest BCUT2D eigenvalue weighted by Gasteiger charge is 2.42. The van der Waals surface area contributed by atoms with Crippen LogP contribution in [0, 0.1) is 6.92 Å². The molecular weight excluding hydrogens is 250 g/mol. The summed E-state index contributed by atoms with van der Waals surface area (Å²) in [7, 11) is 0. The van der Waals surface area contributed by atoms with Crippen molar-refractivity contribution < 1.29 is 9.15 Å². The molecule has 1 saturated carbocycles. The minimum atomic E-state index is -0.240. The molecule has 1 aliphatic rings. The number of furan rings is 1. The van der Waals surface area contributed by atoms with Crippen molar-refractivity contribution in [3.05, 3.63) is 35.6 Å². The zero-order valence-corrected chi connectivity index (χ0v) is 12.3. The lowest BCUT2D eigenvalue weighted by Crippen LogP contribution is -2.41. The SMILES string of the molecule is CCOC1(C(N)c2cc3cccc(C)c3o2)CCCC1. The summed E-state index contributed by atoms with van der Waals surface area (Å²) in [5.74, 6) is 0.852. The smallest absolute Gasteiger partial charge is 0.137 e. The van der Waals surface area contributed by atoms with Crippen molar-refractivity contribution >= 4 is 11.0 Å². The molecule has 3 heteroatoms. The van der Waals surface area contributed by atoms with E-state index in [1.54, 1.807) is 0 Å². The van der Waals surface area contributed by atoms with Crippen molar-refractivity contribution in [1.29, 1.82) is 0 Å². The fraction of sp³-hybridized carbons (Fsp3) is 0.529. The van der Waals surface area contributed by atoms with Gasteiger partial charge in [0.1, 0.15) is 11.3 Å². The molecule has 2 aromatic rings. The van der Waals surface area contributed by atoms with Gasteiger partial charge in [0.15, 0.2) is 0 Å². The van der Waals surface area contributed by atoms with E-state index in [-0.39, 0.29) is 11.6 Å². The second-order valence-corrected chi connectivity index (χ2v) is 5.82. The summed E-state index contributed by atoms with van der Waals surface area (Å²) in [5.41, 5.74) is 8.37. The van der Waals surface area contributed by atoms with E-state index in [1.807, 2.05) is 6.92 Å². The molecule has 1 aromatic heterocycles. The first-order valence-electron chi connectivity index (χ1n) is 7.55. The van der Waals surface area contributed by atoms with Gasteiger partial charge in [-0.2, -0.15) is 0 Å². The average Bonchev–Trinajstić information content (AvgIpc) is 3.06. The minimum Gasteiger partial charge on any atom is -0.459 e. The van der Waals surface area contributed by atoms with Crippen LogP contribution >= 0.6 is 0 Å². The zero-order chi connectivity index (χ0) is 14.2. The number of para-hydroxylation sites is 1. The predicted molar refractivity (Wildman–Crippen MR) is 80.7 cm³/mol. The Labute approximate surface area is 120 Å². The van der Waals surface area contributed by atoms with Crippen molar-refractivity contribution in [2.45, 2.75) is 51.2 Å². The molecule has 0 bridgehead atoms. The average molecular weight is 273 g/mol. The maximum Gasteiger partial charge on any atom is 0.137 e. The van der Waals surface area contributed by atoms with E-state index < -0.39 is 0 Å². The molecule has 0 spiro atoms. The van der Waals surface area contributed by atoms with Crippen molar-refractivity contribution in [1.82, 2.24) is 0 Å². The monoisotopic (exact) mass is 273 g/mol. The second-order valence-electron chi connectivity index (χ2n) is 5.82. The predicted octanol–water partition coefficient (Wildman–Crippen LogP) is 4.09. The van der Waals surface area contributed by atoms with Crippen LogP contribution in [-0.2, 0) is 4.74 Å². The summed E-state index contributed by atoms with van der Waals surface area (Å²) in [6, 6.07) is 8.08. The topological polar surface area (TPSA) is 48.4 Å². The van der Waals surface area contributed by atoms with Crippen molar-refractivity contribution in [3.8, 4) is 0 Å². The standard InChI is InChI=1S/C17H23NO2/c1-3-19-17(9-4-5-10-17)16(18)14-11-13-8-6-7-12(2)15(13)20-14/h6-8,11,16H,3-5,9-10,18H2,1-2H3. The van der Waals surface area contributed by atoms with Gasteiger partial charge in [-0.3, -0.25) is 0 Å². The quantitative estimate of drug-likeness (QED) is 0.912. The van der Waals surface area contributed by atoms with Gasteiger partial charge in [-0.05, 0) is 38.3 Å². The van der Waals surface area contributed by atoms with Gasteiger partial charge >= 0.3 is 0 Å². The normalized spacial score (nSPS) is 19.6. The van der Waals surface area contributed by atoms with Gasteiger partial charge in [-0.1, -0.05) is 31.0 Å². The zero-order valence-electron chi connectivity index (χ0n) is 12.3. The van der Waals surface area contributed by atoms with E-state index in [0.29, 0.717) is 6.61 Å². The third-order valence-electron chi connectivity index (χ3n) is 4.52. The van der Waals surface area contributed by atoms with E-state index in [1.165, 1.54) is 12.8 Å². The van der Waals surface area contributed by atoms with E-state index in [0.717, 1.165) is 35.1 Å². The Morgan fingerprint density at radius 3 is 2.75 bits per heavy atom. The van der Waals surface area contributed by atoms with Gasteiger partial charge in [0, 0.05) is 12.0 Å².